The largest absolute Gasteiger partial charge is 0.496 e. The molecule has 0 saturated carbocycles. The van der Waals surface area contributed by atoms with Crippen LogP contribution in [0.4, 0.5) is 0 Å². The summed E-state index contributed by atoms with van der Waals surface area (Å²) < 4.78 is 19.9. The normalized spacial score (nSPS) is 15.6. The van der Waals surface area contributed by atoms with Crippen molar-refractivity contribution in [3.8, 4) is 17.2 Å². The Kier molecular flexibility index (Phi) is 8.00. The second-order valence-electron chi connectivity index (χ2n) is 10.8. The van der Waals surface area contributed by atoms with Crippen LogP contribution in [-0.2, 0) is 13.0 Å². The average molecular weight is 656 g/mol. The van der Waals surface area contributed by atoms with E-state index in [1.54, 1.807) is 26.4 Å². The van der Waals surface area contributed by atoms with Crippen LogP contribution >= 0.6 is 34.5 Å². The minimum absolute atomic E-state index is 0.100. The fourth-order valence-electron chi connectivity index (χ4n) is 6.03. The van der Waals surface area contributed by atoms with Crippen molar-refractivity contribution < 1.29 is 14.2 Å². The van der Waals surface area contributed by atoms with Crippen molar-refractivity contribution in [2.24, 2.45) is 4.99 Å². The van der Waals surface area contributed by atoms with Crippen LogP contribution in [0, 0.1) is 0 Å². The molecule has 0 radical (unpaired) electrons. The van der Waals surface area contributed by atoms with E-state index in [0.717, 1.165) is 52.1 Å². The molecular formula is C36H28Cl2N2O4S. The van der Waals surface area contributed by atoms with Gasteiger partial charge in [0.05, 0.1) is 30.5 Å². The lowest BCUT2D eigenvalue weighted by atomic mass is 9.83. The van der Waals surface area contributed by atoms with Crippen LogP contribution in [0.25, 0.3) is 11.8 Å². The first-order valence-electron chi connectivity index (χ1n) is 14.5. The van der Waals surface area contributed by atoms with E-state index in [9.17, 15) is 4.79 Å². The highest BCUT2D eigenvalue weighted by Gasteiger charge is 2.34. The van der Waals surface area contributed by atoms with Gasteiger partial charge in [-0.1, -0.05) is 89.1 Å². The molecule has 1 aromatic heterocycles. The summed E-state index contributed by atoms with van der Waals surface area (Å²) in [6.07, 6.45) is 3.57. The molecule has 2 aliphatic rings. The van der Waals surface area contributed by atoms with Crippen molar-refractivity contribution in [3.63, 3.8) is 0 Å². The molecule has 9 heteroatoms. The van der Waals surface area contributed by atoms with Gasteiger partial charge in [0.1, 0.15) is 12.4 Å². The number of thiazole rings is 1. The summed E-state index contributed by atoms with van der Waals surface area (Å²) in [5.41, 5.74) is 6.92. The molecule has 2 heterocycles. The predicted molar refractivity (Wildman–Crippen MR) is 180 cm³/mol. The van der Waals surface area contributed by atoms with Crippen LogP contribution < -0.4 is 29.1 Å². The number of aryl methyl sites for hydroxylation is 1. The molecule has 0 bridgehead atoms. The fraction of sp³-hybridized carbons (Fsp3) is 0.167. The fourth-order valence-corrected chi connectivity index (χ4v) is 7.49. The SMILES string of the molecule is COc1cc(/C=c2\sc3n(c2=O)C(c2ccccc2OC)C2=C(N=3)c3ccccc3CC2)ccc1OCc1ccc(Cl)cc1Cl. The minimum Gasteiger partial charge on any atom is -0.496 e. The van der Waals surface area contributed by atoms with Crippen molar-refractivity contribution >= 4 is 46.3 Å². The van der Waals surface area contributed by atoms with Gasteiger partial charge in [-0.15, -0.1) is 0 Å². The number of halogens is 2. The molecule has 0 amide bonds. The third-order valence-corrected chi connectivity index (χ3v) is 9.76. The Labute approximate surface area is 274 Å². The molecule has 1 aliphatic heterocycles. The Bertz CT molecular complexity index is 2170. The van der Waals surface area contributed by atoms with Crippen molar-refractivity contribution in [3.05, 3.63) is 148 Å². The quantitative estimate of drug-likeness (QED) is 0.186. The van der Waals surface area contributed by atoms with E-state index in [4.69, 9.17) is 42.4 Å². The molecule has 1 unspecified atom stereocenters. The standard InChI is InChI=1S/C36H28Cl2N2O4S/c1-42-29-10-6-5-9-26(29)34-27-15-13-22-7-3-4-8-25(22)33(27)39-36-40(34)35(41)32(45-36)18-21-11-16-30(31(17-21)43-2)44-20-23-12-14-24(37)19-28(23)38/h3-12,14,16-19,34H,13,15,20H2,1-2H3/b32-18-. The molecule has 0 N–H and O–H groups in total. The van der Waals surface area contributed by atoms with Gasteiger partial charge in [0.25, 0.3) is 5.56 Å². The molecule has 0 fully saturated rings. The van der Waals surface area contributed by atoms with E-state index in [1.807, 2.05) is 65.2 Å². The van der Waals surface area contributed by atoms with Crippen molar-refractivity contribution in [2.45, 2.75) is 25.5 Å². The summed E-state index contributed by atoms with van der Waals surface area (Å²) in [6.45, 7) is 0.251. The third-order valence-electron chi connectivity index (χ3n) is 8.19. The van der Waals surface area contributed by atoms with Crippen LogP contribution in [-0.4, -0.2) is 18.8 Å². The summed E-state index contributed by atoms with van der Waals surface area (Å²) >= 11 is 13.7. The minimum atomic E-state index is -0.326. The number of rotatable bonds is 7. The van der Waals surface area contributed by atoms with Gasteiger partial charge in [0.2, 0.25) is 0 Å². The topological polar surface area (TPSA) is 62.0 Å². The third kappa shape index (κ3) is 5.46. The molecule has 7 rings (SSSR count). The molecular weight excluding hydrogens is 627 g/mol. The Balaban J connectivity index is 1.31. The second-order valence-corrected chi connectivity index (χ2v) is 12.6. The molecule has 0 spiro atoms. The average Bonchev–Trinajstić information content (AvgIpc) is 3.37. The monoisotopic (exact) mass is 654 g/mol. The Morgan fingerprint density at radius 3 is 2.53 bits per heavy atom. The number of nitrogens with zero attached hydrogens (tertiary/aromatic N) is 2. The number of allylic oxidation sites excluding steroid dienone is 1. The van der Waals surface area contributed by atoms with E-state index in [0.29, 0.717) is 30.9 Å². The van der Waals surface area contributed by atoms with Gasteiger partial charge in [-0.2, -0.15) is 0 Å². The number of fused-ring (bicyclic) bond motifs is 3. The van der Waals surface area contributed by atoms with E-state index in [1.165, 1.54) is 16.9 Å². The van der Waals surface area contributed by atoms with E-state index >= 15 is 0 Å². The first kappa shape index (κ1) is 29.4. The van der Waals surface area contributed by atoms with Crippen LogP contribution in [0.15, 0.2) is 100 Å². The molecule has 6 nitrogen and oxygen atoms in total. The molecule has 0 saturated heterocycles. The Morgan fingerprint density at radius 1 is 0.911 bits per heavy atom. The van der Waals surface area contributed by atoms with E-state index in [-0.39, 0.29) is 18.2 Å². The molecule has 1 atom stereocenters. The molecule has 4 aromatic carbocycles. The zero-order valence-corrected chi connectivity index (χ0v) is 26.9. The number of ether oxygens (including phenoxy) is 3. The second kappa shape index (κ2) is 12.2. The molecule has 45 heavy (non-hydrogen) atoms. The molecule has 226 valence electrons. The lowest BCUT2D eigenvalue weighted by Crippen LogP contribution is -2.39. The van der Waals surface area contributed by atoms with Gasteiger partial charge in [-0.05, 0) is 65.9 Å². The number of benzene rings is 4. The van der Waals surface area contributed by atoms with Crippen LogP contribution in [0.5, 0.6) is 17.2 Å². The van der Waals surface area contributed by atoms with Crippen molar-refractivity contribution in [2.75, 3.05) is 14.2 Å². The number of methoxy groups -OCH3 is 2. The lowest BCUT2D eigenvalue weighted by Gasteiger charge is -2.31. The first-order chi connectivity index (χ1) is 21.9. The van der Waals surface area contributed by atoms with Gasteiger partial charge in [-0.25, -0.2) is 4.99 Å². The summed E-state index contributed by atoms with van der Waals surface area (Å²) in [7, 11) is 3.25. The highest BCUT2D eigenvalue weighted by atomic mass is 35.5. The predicted octanol–water partition coefficient (Wildman–Crippen LogP) is 7.22. The summed E-state index contributed by atoms with van der Waals surface area (Å²) in [5.74, 6) is 1.84. The zero-order chi connectivity index (χ0) is 31.1. The highest BCUT2D eigenvalue weighted by Crippen LogP contribution is 2.43. The Morgan fingerprint density at radius 2 is 1.71 bits per heavy atom. The lowest BCUT2D eigenvalue weighted by molar-refractivity contribution is 0.284. The number of hydrogen-bond donors (Lipinski definition) is 0. The molecule has 5 aromatic rings. The van der Waals surface area contributed by atoms with E-state index < -0.39 is 0 Å². The number of aromatic nitrogens is 1. The summed E-state index contributed by atoms with van der Waals surface area (Å²) in [4.78, 5) is 20.0. The van der Waals surface area contributed by atoms with Crippen molar-refractivity contribution in [1.82, 2.24) is 4.57 Å². The first-order valence-corrected chi connectivity index (χ1v) is 16.0. The maximum absolute atomic E-state index is 14.2. The zero-order valence-electron chi connectivity index (χ0n) is 24.6. The smallest absolute Gasteiger partial charge is 0.271 e. The summed E-state index contributed by atoms with van der Waals surface area (Å²) in [6, 6.07) is 26.9. The molecule has 1 aliphatic carbocycles. The van der Waals surface area contributed by atoms with Gasteiger partial charge in [0.15, 0.2) is 16.3 Å². The van der Waals surface area contributed by atoms with Crippen LogP contribution in [0.3, 0.4) is 0 Å². The van der Waals surface area contributed by atoms with Gasteiger partial charge >= 0.3 is 0 Å². The maximum Gasteiger partial charge on any atom is 0.271 e. The maximum atomic E-state index is 14.2. The van der Waals surface area contributed by atoms with Crippen LogP contribution in [0.1, 0.15) is 40.3 Å². The highest BCUT2D eigenvalue weighted by molar-refractivity contribution is 7.07. The van der Waals surface area contributed by atoms with Gasteiger partial charge in [0, 0.05) is 26.7 Å². The van der Waals surface area contributed by atoms with Crippen molar-refractivity contribution in [1.29, 1.82) is 0 Å². The van der Waals surface area contributed by atoms with Gasteiger partial charge in [-0.3, -0.25) is 9.36 Å². The van der Waals surface area contributed by atoms with E-state index in [2.05, 4.69) is 18.2 Å². The van der Waals surface area contributed by atoms with Crippen LogP contribution in [0.2, 0.25) is 10.0 Å². The van der Waals surface area contributed by atoms with Gasteiger partial charge < -0.3 is 14.2 Å². The number of hydrogen-bond acceptors (Lipinski definition) is 6. The number of para-hydroxylation sites is 1. The summed E-state index contributed by atoms with van der Waals surface area (Å²) in [5, 5.41) is 1.10. The Hall–Kier alpha value is -4.30.